The molecule has 0 amide bonds. The van der Waals surface area contributed by atoms with E-state index in [4.69, 9.17) is 25.8 Å². The first-order valence-corrected chi connectivity index (χ1v) is 13.2. The number of oxime groups is 1. The van der Waals surface area contributed by atoms with Gasteiger partial charge in [0.05, 0.1) is 6.42 Å². The molecule has 0 atom stereocenters. The molecule has 39 heavy (non-hydrogen) atoms. The zero-order chi connectivity index (χ0) is 27.2. The van der Waals surface area contributed by atoms with Gasteiger partial charge in [-0.2, -0.15) is 0 Å². The van der Waals surface area contributed by atoms with Crippen molar-refractivity contribution in [2.75, 3.05) is 19.6 Å². The predicted octanol–water partition coefficient (Wildman–Crippen LogP) is 3.85. The molecule has 5 rings (SSSR count). The number of piperidine rings is 1. The smallest absolute Gasteiger partial charge is 0.307 e. The molecule has 2 aliphatic rings. The molecule has 4 N–H and O–H groups in total. The van der Waals surface area contributed by atoms with E-state index in [2.05, 4.69) is 16.1 Å². The number of nitrogens with zero attached hydrogens (tertiary/aromatic N) is 3. The van der Waals surface area contributed by atoms with Crippen molar-refractivity contribution in [1.29, 1.82) is 5.41 Å². The summed E-state index contributed by atoms with van der Waals surface area (Å²) in [6.07, 6.45) is 2.56. The number of carboxylic acids is 1. The van der Waals surface area contributed by atoms with Crippen molar-refractivity contribution in [3.63, 3.8) is 0 Å². The summed E-state index contributed by atoms with van der Waals surface area (Å²) in [6.45, 7) is 2.86. The first-order valence-electron chi connectivity index (χ1n) is 13.2. The molecule has 0 saturated carbocycles. The van der Waals surface area contributed by atoms with Gasteiger partial charge >= 0.3 is 5.97 Å². The molecule has 0 spiro atoms. The second-order valence-corrected chi connectivity index (χ2v) is 9.88. The molecule has 3 aromatic carbocycles. The zero-order valence-corrected chi connectivity index (χ0v) is 21.8. The number of amidine groups is 1. The average molecular weight is 528 g/mol. The summed E-state index contributed by atoms with van der Waals surface area (Å²) in [7, 11) is 0. The van der Waals surface area contributed by atoms with E-state index in [1.165, 1.54) is 5.56 Å². The highest BCUT2D eigenvalue weighted by Gasteiger charge is 2.25. The standard InChI is InChI=1S/C30H33N5O4/c31-30(32)35-15-12-22-8-11-27(19-24(22)20-35)39-33-29(23-4-2-1-3-5-23)34-16-13-26(14-17-34)38-25-9-6-21(7-10-25)18-28(36)37/h1-11,19,26H,12-18,20H2,(H3,31,32)(H,36,37). The Kier molecular flexibility index (Phi) is 7.96. The molecular formula is C30H33N5O4. The third-order valence-corrected chi connectivity index (χ3v) is 7.12. The summed E-state index contributed by atoms with van der Waals surface area (Å²) in [4.78, 5) is 21.0. The van der Waals surface area contributed by atoms with Gasteiger partial charge in [-0.05, 0) is 47.4 Å². The summed E-state index contributed by atoms with van der Waals surface area (Å²) < 4.78 is 6.18. The lowest BCUT2D eigenvalue weighted by Crippen LogP contribution is -2.42. The number of hydrogen-bond acceptors (Lipinski definition) is 5. The summed E-state index contributed by atoms with van der Waals surface area (Å²) in [5.74, 6) is 1.41. The van der Waals surface area contributed by atoms with Gasteiger partial charge in [-0.3, -0.25) is 10.2 Å². The molecule has 9 nitrogen and oxygen atoms in total. The van der Waals surface area contributed by atoms with Gasteiger partial charge in [-0.25, -0.2) is 0 Å². The molecule has 0 unspecified atom stereocenters. The number of hydrogen-bond donors (Lipinski definition) is 3. The SMILES string of the molecule is N=C(N)N1CCc2ccc(ON=C(c3ccccc3)N3CCC(Oc4ccc(CC(=O)O)cc4)CC3)cc2C1. The Morgan fingerprint density at radius 3 is 2.36 bits per heavy atom. The second kappa shape index (κ2) is 11.9. The number of nitrogens with one attached hydrogen (secondary N) is 1. The Bertz CT molecular complexity index is 1340. The van der Waals surface area contributed by atoms with Crippen molar-refractivity contribution >= 4 is 17.8 Å². The molecule has 0 radical (unpaired) electrons. The van der Waals surface area contributed by atoms with Crippen LogP contribution in [0, 0.1) is 5.41 Å². The van der Waals surface area contributed by atoms with Crippen LogP contribution in [-0.4, -0.2) is 58.4 Å². The van der Waals surface area contributed by atoms with Gasteiger partial charge in [0, 0.05) is 44.6 Å². The second-order valence-electron chi connectivity index (χ2n) is 9.88. The first-order chi connectivity index (χ1) is 18.9. The van der Waals surface area contributed by atoms with E-state index in [0.717, 1.165) is 67.2 Å². The number of carbonyl (C=O) groups is 1. The van der Waals surface area contributed by atoms with E-state index < -0.39 is 5.97 Å². The van der Waals surface area contributed by atoms with Crippen molar-refractivity contribution in [3.05, 3.63) is 95.1 Å². The van der Waals surface area contributed by atoms with Gasteiger partial charge in [0.2, 0.25) is 0 Å². The molecule has 0 aliphatic carbocycles. The van der Waals surface area contributed by atoms with Gasteiger partial charge in [-0.15, -0.1) is 0 Å². The van der Waals surface area contributed by atoms with Gasteiger partial charge in [0.1, 0.15) is 11.9 Å². The highest BCUT2D eigenvalue weighted by Crippen LogP contribution is 2.25. The topological polar surface area (TPSA) is 124 Å². The van der Waals surface area contributed by atoms with Crippen LogP contribution in [0.2, 0.25) is 0 Å². The van der Waals surface area contributed by atoms with Crippen LogP contribution >= 0.6 is 0 Å². The number of benzene rings is 3. The fourth-order valence-electron chi connectivity index (χ4n) is 5.01. The average Bonchev–Trinajstić information content (AvgIpc) is 2.95. The van der Waals surface area contributed by atoms with E-state index in [1.807, 2.05) is 59.5 Å². The Hall–Kier alpha value is -4.53. The van der Waals surface area contributed by atoms with Crippen molar-refractivity contribution in [2.24, 2.45) is 10.9 Å². The number of rotatable bonds is 7. The molecule has 2 heterocycles. The van der Waals surface area contributed by atoms with Crippen molar-refractivity contribution in [1.82, 2.24) is 9.80 Å². The summed E-state index contributed by atoms with van der Waals surface area (Å²) in [5.41, 5.74) is 9.77. The monoisotopic (exact) mass is 527 g/mol. The third-order valence-electron chi connectivity index (χ3n) is 7.12. The maximum atomic E-state index is 10.9. The van der Waals surface area contributed by atoms with Crippen molar-refractivity contribution < 1.29 is 19.5 Å². The zero-order valence-electron chi connectivity index (χ0n) is 21.8. The number of guanidine groups is 1. The predicted molar refractivity (Wildman–Crippen MR) is 149 cm³/mol. The molecule has 9 heteroatoms. The van der Waals surface area contributed by atoms with Crippen LogP contribution in [0.4, 0.5) is 0 Å². The number of ether oxygens (including phenoxy) is 1. The highest BCUT2D eigenvalue weighted by atomic mass is 16.6. The third kappa shape index (κ3) is 6.67. The number of aliphatic carboxylic acids is 1. The van der Waals surface area contributed by atoms with Crippen LogP contribution < -0.4 is 15.3 Å². The lowest BCUT2D eigenvalue weighted by molar-refractivity contribution is -0.136. The molecule has 202 valence electrons. The molecular weight excluding hydrogens is 494 g/mol. The van der Waals surface area contributed by atoms with Gasteiger partial charge in [0.25, 0.3) is 0 Å². The normalized spacial score (nSPS) is 15.9. The van der Waals surface area contributed by atoms with Crippen LogP contribution in [0.3, 0.4) is 0 Å². The van der Waals surface area contributed by atoms with Gasteiger partial charge < -0.3 is 30.2 Å². The molecule has 0 bridgehead atoms. The largest absolute Gasteiger partial charge is 0.490 e. The molecule has 0 aromatic heterocycles. The molecule has 1 saturated heterocycles. The van der Waals surface area contributed by atoms with Crippen LogP contribution in [0.5, 0.6) is 11.5 Å². The highest BCUT2D eigenvalue weighted by molar-refractivity contribution is 5.98. The fourth-order valence-corrected chi connectivity index (χ4v) is 5.01. The minimum Gasteiger partial charge on any atom is -0.490 e. The van der Waals surface area contributed by atoms with E-state index in [0.29, 0.717) is 12.3 Å². The van der Waals surface area contributed by atoms with E-state index in [9.17, 15) is 4.79 Å². The fraction of sp³-hybridized carbons (Fsp3) is 0.300. The molecule has 2 aliphatic heterocycles. The number of carboxylic acid groups (broad SMARTS) is 1. The summed E-state index contributed by atoms with van der Waals surface area (Å²) >= 11 is 0. The van der Waals surface area contributed by atoms with Crippen molar-refractivity contribution in [2.45, 2.75) is 38.3 Å². The Balaban J connectivity index is 1.25. The maximum Gasteiger partial charge on any atom is 0.307 e. The van der Waals surface area contributed by atoms with Crippen LogP contribution in [0.15, 0.2) is 78.0 Å². The van der Waals surface area contributed by atoms with Crippen LogP contribution in [0.1, 0.15) is 35.1 Å². The van der Waals surface area contributed by atoms with E-state index >= 15 is 0 Å². The lowest BCUT2D eigenvalue weighted by atomic mass is 10.00. The number of likely N-dealkylation sites (tertiary alicyclic amines) is 1. The Labute approximate surface area is 227 Å². The number of fused-ring (bicyclic) bond motifs is 1. The van der Waals surface area contributed by atoms with Crippen LogP contribution in [0.25, 0.3) is 0 Å². The minimum atomic E-state index is -0.845. The van der Waals surface area contributed by atoms with E-state index in [-0.39, 0.29) is 18.5 Å². The molecule has 3 aromatic rings. The Morgan fingerprint density at radius 1 is 0.949 bits per heavy atom. The number of nitrogens with two attached hydrogens (primary N) is 1. The molecule has 1 fully saturated rings. The van der Waals surface area contributed by atoms with Crippen molar-refractivity contribution in [3.8, 4) is 11.5 Å². The summed E-state index contributed by atoms with van der Waals surface area (Å²) in [6, 6.07) is 23.3. The minimum absolute atomic E-state index is 0.00462. The Morgan fingerprint density at radius 2 is 1.67 bits per heavy atom. The maximum absolute atomic E-state index is 10.9. The quantitative estimate of drug-likeness (QED) is 0.242. The van der Waals surface area contributed by atoms with E-state index in [1.54, 1.807) is 12.1 Å². The van der Waals surface area contributed by atoms with Gasteiger partial charge in [-0.1, -0.05) is 53.7 Å². The lowest BCUT2D eigenvalue weighted by Gasteiger charge is -2.34. The van der Waals surface area contributed by atoms with Crippen LogP contribution in [-0.2, 0) is 24.2 Å². The first kappa shape index (κ1) is 26.1. The van der Waals surface area contributed by atoms with Gasteiger partial charge in [0.15, 0.2) is 17.5 Å². The summed E-state index contributed by atoms with van der Waals surface area (Å²) in [5, 5.41) is 21.3.